The van der Waals surface area contributed by atoms with Crippen molar-refractivity contribution in [2.45, 2.75) is 19.4 Å². The molecule has 1 atom stereocenters. The average Bonchev–Trinajstić information content (AvgIpc) is 1.60. The van der Waals surface area contributed by atoms with Crippen LogP contribution in [0.3, 0.4) is 0 Å². The molecule has 60 valence electrons. The molecule has 0 aliphatic carbocycles. The predicted molar refractivity (Wildman–Crippen MR) is 34.5 cm³/mol. The molecule has 0 saturated carbocycles. The predicted octanol–water partition coefficient (Wildman–Crippen LogP) is -0.550. The van der Waals surface area contributed by atoms with Crippen LogP contribution < -0.4 is 0 Å². The summed E-state index contributed by atoms with van der Waals surface area (Å²) < 4.78 is 0. The maximum atomic E-state index is 10.3. The highest BCUT2D eigenvalue weighted by Gasteiger charge is 2.32. The van der Waals surface area contributed by atoms with Crippen LogP contribution in [0.1, 0.15) is 13.8 Å². The molecule has 0 aromatic rings. The molecule has 0 radical (unpaired) electrons. The van der Waals surface area contributed by atoms with Crippen molar-refractivity contribution in [3.05, 3.63) is 0 Å². The van der Waals surface area contributed by atoms with E-state index in [-0.39, 0.29) is 0 Å². The smallest absolute Gasteiger partial charge is 0.311 e. The fourth-order valence-corrected chi connectivity index (χ4v) is 0.604. The van der Waals surface area contributed by atoms with Crippen molar-refractivity contribution >= 4 is 5.97 Å². The summed E-state index contributed by atoms with van der Waals surface area (Å²) in [5.74, 6) is -2.29. The lowest BCUT2D eigenvalue weighted by molar-refractivity contribution is -0.152. The van der Waals surface area contributed by atoms with Gasteiger partial charge in [-0.25, -0.2) is 0 Å². The van der Waals surface area contributed by atoms with Gasteiger partial charge >= 0.3 is 5.97 Å². The number of carboxylic acids is 1. The molecule has 0 amide bonds. The minimum absolute atomic E-state index is 0.543. The van der Waals surface area contributed by atoms with Gasteiger partial charge in [-0.2, -0.15) is 0 Å². The van der Waals surface area contributed by atoms with Crippen LogP contribution in [0, 0.1) is 5.92 Å². The number of aliphatic hydroxyl groups excluding tert-OH is 1. The summed E-state index contributed by atoms with van der Waals surface area (Å²) in [6.07, 6.45) is 0. The standard InChI is InChI=1S/C6H12O4/c1-6(2,10)4(3-7)5(8)9/h4,7,10H,3H2,1-2H3,(H,8,9). The lowest BCUT2D eigenvalue weighted by Crippen LogP contribution is -2.39. The molecule has 0 aliphatic rings. The zero-order valence-corrected chi connectivity index (χ0v) is 6.03. The summed E-state index contributed by atoms with van der Waals surface area (Å²) in [7, 11) is 0. The maximum Gasteiger partial charge on any atom is 0.311 e. The van der Waals surface area contributed by atoms with Gasteiger partial charge < -0.3 is 15.3 Å². The van der Waals surface area contributed by atoms with E-state index in [1.165, 1.54) is 13.8 Å². The Labute approximate surface area is 59.1 Å². The van der Waals surface area contributed by atoms with Crippen LogP contribution in [0.15, 0.2) is 0 Å². The van der Waals surface area contributed by atoms with Gasteiger partial charge in [0, 0.05) is 0 Å². The van der Waals surface area contributed by atoms with Gasteiger partial charge in [0.25, 0.3) is 0 Å². The van der Waals surface area contributed by atoms with E-state index in [1.807, 2.05) is 0 Å². The van der Waals surface area contributed by atoms with Crippen molar-refractivity contribution < 1.29 is 20.1 Å². The third-order valence-electron chi connectivity index (χ3n) is 1.33. The van der Waals surface area contributed by atoms with Crippen molar-refractivity contribution in [3.8, 4) is 0 Å². The highest BCUT2D eigenvalue weighted by molar-refractivity contribution is 5.71. The normalized spacial score (nSPS) is 14.8. The van der Waals surface area contributed by atoms with E-state index in [2.05, 4.69) is 0 Å². The fourth-order valence-electron chi connectivity index (χ4n) is 0.604. The van der Waals surface area contributed by atoms with Crippen LogP contribution in [-0.4, -0.2) is 33.5 Å². The van der Waals surface area contributed by atoms with Crippen LogP contribution in [0.25, 0.3) is 0 Å². The Hall–Kier alpha value is -0.610. The van der Waals surface area contributed by atoms with E-state index in [4.69, 9.17) is 15.3 Å². The van der Waals surface area contributed by atoms with Gasteiger partial charge in [-0.1, -0.05) is 0 Å². The summed E-state index contributed by atoms with van der Waals surface area (Å²) in [6.45, 7) is 2.16. The monoisotopic (exact) mass is 148 g/mol. The first-order chi connectivity index (χ1) is 4.39. The zero-order chi connectivity index (χ0) is 8.36. The summed E-state index contributed by atoms with van der Waals surface area (Å²) in [5, 5.41) is 26.0. The number of rotatable bonds is 3. The topological polar surface area (TPSA) is 77.8 Å². The summed E-state index contributed by atoms with van der Waals surface area (Å²) in [5.41, 5.74) is -1.36. The molecule has 0 bridgehead atoms. The van der Waals surface area contributed by atoms with Gasteiger partial charge in [0.05, 0.1) is 12.2 Å². The molecule has 0 heterocycles. The average molecular weight is 148 g/mol. The van der Waals surface area contributed by atoms with E-state index in [0.717, 1.165) is 0 Å². The number of aliphatic carboxylic acids is 1. The molecule has 0 aliphatic heterocycles. The van der Waals surface area contributed by atoms with E-state index in [1.54, 1.807) is 0 Å². The van der Waals surface area contributed by atoms with Crippen LogP contribution in [0.5, 0.6) is 0 Å². The van der Waals surface area contributed by atoms with Crippen LogP contribution >= 0.6 is 0 Å². The number of carbonyl (C=O) groups is 1. The minimum Gasteiger partial charge on any atom is -0.481 e. The number of aliphatic hydroxyl groups is 2. The molecule has 0 aromatic carbocycles. The van der Waals surface area contributed by atoms with E-state index in [0.29, 0.717) is 0 Å². The number of hydrogen-bond donors (Lipinski definition) is 3. The molecular weight excluding hydrogens is 136 g/mol. The van der Waals surface area contributed by atoms with E-state index < -0.39 is 24.1 Å². The maximum absolute atomic E-state index is 10.3. The molecule has 4 nitrogen and oxygen atoms in total. The van der Waals surface area contributed by atoms with Gasteiger partial charge in [0.2, 0.25) is 0 Å². The Morgan fingerprint density at radius 1 is 1.60 bits per heavy atom. The Balaban J connectivity index is 4.22. The van der Waals surface area contributed by atoms with Crippen LogP contribution in [-0.2, 0) is 4.79 Å². The third-order valence-corrected chi connectivity index (χ3v) is 1.33. The molecule has 1 unspecified atom stereocenters. The first-order valence-electron chi connectivity index (χ1n) is 2.95. The van der Waals surface area contributed by atoms with Gasteiger partial charge in [-0.15, -0.1) is 0 Å². The SMILES string of the molecule is CC(C)(O)C(CO)C(=O)O. The molecule has 0 fully saturated rings. The summed E-state index contributed by atoms with van der Waals surface area (Å²) in [4.78, 5) is 10.3. The molecular formula is C6H12O4. The Morgan fingerprint density at radius 2 is 2.00 bits per heavy atom. The molecule has 0 spiro atoms. The van der Waals surface area contributed by atoms with Gasteiger partial charge in [-0.05, 0) is 13.8 Å². The van der Waals surface area contributed by atoms with Crippen LogP contribution in [0.2, 0.25) is 0 Å². The Kier molecular flexibility index (Phi) is 2.80. The van der Waals surface area contributed by atoms with Crippen LogP contribution in [0.4, 0.5) is 0 Å². The fraction of sp³-hybridized carbons (Fsp3) is 0.833. The van der Waals surface area contributed by atoms with Crippen molar-refractivity contribution in [2.24, 2.45) is 5.92 Å². The molecule has 0 aromatic heterocycles. The van der Waals surface area contributed by atoms with Gasteiger partial charge in [-0.3, -0.25) is 4.79 Å². The van der Waals surface area contributed by atoms with E-state index in [9.17, 15) is 4.79 Å². The van der Waals surface area contributed by atoms with Gasteiger partial charge in [0.1, 0.15) is 5.92 Å². The molecule has 10 heavy (non-hydrogen) atoms. The molecule has 3 N–H and O–H groups in total. The largest absolute Gasteiger partial charge is 0.481 e. The van der Waals surface area contributed by atoms with Crippen molar-refractivity contribution in [3.63, 3.8) is 0 Å². The Morgan fingerprint density at radius 3 is 2.00 bits per heavy atom. The molecule has 0 saturated heterocycles. The second-order valence-electron chi connectivity index (χ2n) is 2.73. The highest BCUT2D eigenvalue weighted by Crippen LogP contribution is 2.15. The van der Waals surface area contributed by atoms with Crippen molar-refractivity contribution in [2.75, 3.05) is 6.61 Å². The highest BCUT2D eigenvalue weighted by atomic mass is 16.4. The molecule has 4 heteroatoms. The summed E-state index contributed by atoms with van der Waals surface area (Å²) in [6, 6.07) is 0. The lowest BCUT2D eigenvalue weighted by Gasteiger charge is -2.23. The van der Waals surface area contributed by atoms with Crippen molar-refractivity contribution in [1.82, 2.24) is 0 Å². The minimum atomic E-state index is -1.36. The van der Waals surface area contributed by atoms with Crippen molar-refractivity contribution in [1.29, 1.82) is 0 Å². The third kappa shape index (κ3) is 2.33. The Bertz CT molecular complexity index is 124. The number of carboxylic acid groups (broad SMARTS) is 1. The quantitative estimate of drug-likeness (QED) is 0.502. The second kappa shape index (κ2) is 2.98. The number of hydrogen-bond acceptors (Lipinski definition) is 3. The first-order valence-corrected chi connectivity index (χ1v) is 2.95. The first kappa shape index (κ1) is 9.39. The second-order valence-corrected chi connectivity index (χ2v) is 2.73. The summed E-state index contributed by atoms with van der Waals surface area (Å²) >= 11 is 0. The molecule has 0 rings (SSSR count). The van der Waals surface area contributed by atoms with E-state index >= 15 is 0 Å². The lowest BCUT2D eigenvalue weighted by atomic mass is 9.92. The van der Waals surface area contributed by atoms with Gasteiger partial charge in [0.15, 0.2) is 0 Å². The zero-order valence-electron chi connectivity index (χ0n) is 6.03.